The molecular weight excluding hydrogens is 394 g/mol. The molecule has 0 saturated carbocycles. The molecule has 2 aromatic carbocycles. The third kappa shape index (κ3) is 3.81. The molecule has 150 valence electrons. The highest BCUT2D eigenvalue weighted by Crippen LogP contribution is 2.29. The van der Waals surface area contributed by atoms with Gasteiger partial charge >= 0.3 is 11.6 Å². The van der Waals surface area contributed by atoms with E-state index in [9.17, 15) is 18.0 Å². The smallest absolute Gasteiger partial charge is 0.338 e. The Morgan fingerprint density at radius 2 is 1.86 bits per heavy atom. The standard InChI is InChI=1S/C21H19NO6S/c1-12-5-6-16(29(22,25)26)10-17(12)21(24)27-11-15-9-20(23)28-19-8-14-4-2-3-13(14)7-18(15)19/h5-10H,2-4,11H2,1H3,(H2,22,25,26). The summed E-state index contributed by atoms with van der Waals surface area (Å²) < 4.78 is 33.8. The van der Waals surface area contributed by atoms with Gasteiger partial charge < -0.3 is 9.15 Å². The predicted molar refractivity (Wildman–Crippen MR) is 106 cm³/mol. The Hall–Kier alpha value is -2.97. The topological polar surface area (TPSA) is 117 Å². The van der Waals surface area contributed by atoms with Crippen molar-refractivity contribution in [3.8, 4) is 0 Å². The van der Waals surface area contributed by atoms with Gasteiger partial charge in [-0.05, 0) is 67.1 Å². The summed E-state index contributed by atoms with van der Waals surface area (Å²) in [5.41, 5.74) is 3.52. The molecule has 0 unspecified atom stereocenters. The molecule has 8 heteroatoms. The van der Waals surface area contributed by atoms with Crippen LogP contribution in [0.5, 0.6) is 0 Å². The van der Waals surface area contributed by atoms with Crippen LogP contribution in [0.25, 0.3) is 11.0 Å². The number of carbonyl (C=O) groups excluding carboxylic acids is 1. The molecule has 1 aliphatic carbocycles. The molecule has 29 heavy (non-hydrogen) atoms. The van der Waals surface area contributed by atoms with E-state index in [1.807, 2.05) is 12.1 Å². The van der Waals surface area contributed by atoms with Crippen LogP contribution in [0.3, 0.4) is 0 Å². The Bertz CT molecular complexity index is 1310. The SMILES string of the molecule is Cc1ccc(S(N)(=O)=O)cc1C(=O)OCc1cc(=O)oc2cc3c(cc12)CCC3. The molecule has 7 nitrogen and oxygen atoms in total. The number of rotatable bonds is 4. The number of nitrogens with two attached hydrogens (primary N) is 1. The highest BCUT2D eigenvalue weighted by Gasteiger charge is 2.18. The fourth-order valence-corrected chi connectivity index (χ4v) is 4.17. The summed E-state index contributed by atoms with van der Waals surface area (Å²) in [4.78, 5) is 24.3. The summed E-state index contributed by atoms with van der Waals surface area (Å²) in [6.07, 6.45) is 2.97. The molecule has 0 spiro atoms. The molecule has 1 aliphatic rings. The molecule has 0 amide bonds. The minimum Gasteiger partial charge on any atom is -0.457 e. The van der Waals surface area contributed by atoms with Crippen molar-refractivity contribution in [2.45, 2.75) is 37.7 Å². The van der Waals surface area contributed by atoms with Crippen molar-refractivity contribution in [1.29, 1.82) is 0 Å². The van der Waals surface area contributed by atoms with Crippen LogP contribution >= 0.6 is 0 Å². The van der Waals surface area contributed by atoms with Gasteiger partial charge in [-0.1, -0.05) is 6.07 Å². The van der Waals surface area contributed by atoms with Crippen molar-refractivity contribution in [2.75, 3.05) is 0 Å². The fraction of sp³-hybridized carbons (Fsp3) is 0.238. The van der Waals surface area contributed by atoms with Gasteiger partial charge in [0.05, 0.1) is 10.5 Å². The van der Waals surface area contributed by atoms with Crippen molar-refractivity contribution in [3.63, 3.8) is 0 Å². The molecule has 4 rings (SSSR count). The van der Waals surface area contributed by atoms with Gasteiger partial charge in [0.25, 0.3) is 0 Å². The number of aryl methyl sites for hydroxylation is 3. The minimum atomic E-state index is -3.94. The zero-order chi connectivity index (χ0) is 20.8. The fourth-order valence-electron chi connectivity index (χ4n) is 3.63. The first-order valence-electron chi connectivity index (χ1n) is 9.11. The molecule has 0 bridgehead atoms. The maximum atomic E-state index is 12.6. The summed E-state index contributed by atoms with van der Waals surface area (Å²) in [6.45, 7) is 1.53. The summed E-state index contributed by atoms with van der Waals surface area (Å²) in [5.74, 6) is -0.699. The van der Waals surface area contributed by atoms with Gasteiger partial charge in [-0.2, -0.15) is 0 Å². The highest BCUT2D eigenvalue weighted by molar-refractivity contribution is 7.89. The lowest BCUT2D eigenvalue weighted by atomic mass is 10.0. The van der Waals surface area contributed by atoms with E-state index >= 15 is 0 Å². The van der Waals surface area contributed by atoms with Gasteiger partial charge in [0, 0.05) is 17.0 Å². The average Bonchev–Trinajstić information content (AvgIpc) is 3.10. The van der Waals surface area contributed by atoms with Crippen LogP contribution in [0, 0.1) is 6.92 Å². The minimum absolute atomic E-state index is 0.102. The van der Waals surface area contributed by atoms with E-state index in [1.54, 1.807) is 6.92 Å². The third-order valence-electron chi connectivity index (χ3n) is 5.16. The van der Waals surface area contributed by atoms with Gasteiger partial charge in [-0.25, -0.2) is 23.1 Å². The number of fused-ring (bicyclic) bond motifs is 2. The normalized spacial score (nSPS) is 13.4. The van der Waals surface area contributed by atoms with Crippen LogP contribution in [0.4, 0.5) is 0 Å². The van der Waals surface area contributed by atoms with Gasteiger partial charge in [0.2, 0.25) is 10.0 Å². The second-order valence-electron chi connectivity index (χ2n) is 7.16. The van der Waals surface area contributed by atoms with E-state index in [1.165, 1.54) is 35.4 Å². The number of carbonyl (C=O) groups is 1. The first-order chi connectivity index (χ1) is 13.7. The quantitative estimate of drug-likeness (QED) is 0.519. The Labute approximate surface area is 167 Å². The van der Waals surface area contributed by atoms with Crippen molar-refractivity contribution >= 4 is 27.0 Å². The summed E-state index contributed by atoms with van der Waals surface area (Å²) >= 11 is 0. The van der Waals surface area contributed by atoms with E-state index < -0.39 is 21.6 Å². The number of hydrogen-bond donors (Lipinski definition) is 1. The van der Waals surface area contributed by atoms with Gasteiger partial charge in [-0.15, -0.1) is 0 Å². The van der Waals surface area contributed by atoms with Crippen LogP contribution in [0.15, 0.2) is 50.5 Å². The largest absolute Gasteiger partial charge is 0.457 e. The van der Waals surface area contributed by atoms with Crippen molar-refractivity contribution in [2.24, 2.45) is 5.14 Å². The Balaban J connectivity index is 1.65. The molecule has 0 saturated heterocycles. The van der Waals surface area contributed by atoms with E-state index in [0.717, 1.165) is 24.6 Å². The zero-order valence-electron chi connectivity index (χ0n) is 15.7. The number of ether oxygens (including phenoxy) is 1. The van der Waals surface area contributed by atoms with Crippen LogP contribution in [-0.4, -0.2) is 14.4 Å². The van der Waals surface area contributed by atoms with Crippen LogP contribution in [0.2, 0.25) is 0 Å². The predicted octanol–water partition coefficient (Wildman–Crippen LogP) is 2.59. The Kier molecular flexibility index (Phi) is 4.76. The zero-order valence-corrected chi connectivity index (χ0v) is 16.5. The molecule has 0 radical (unpaired) electrons. The number of esters is 1. The summed E-state index contributed by atoms with van der Waals surface area (Å²) in [5, 5.41) is 5.87. The van der Waals surface area contributed by atoms with Crippen molar-refractivity contribution in [3.05, 3.63) is 74.6 Å². The van der Waals surface area contributed by atoms with Crippen LogP contribution in [0.1, 0.15) is 39.0 Å². The van der Waals surface area contributed by atoms with Gasteiger partial charge in [-0.3, -0.25) is 0 Å². The maximum absolute atomic E-state index is 12.6. The molecule has 0 fully saturated rings. The highest BCUT2D eigenvalue weighted by atomic mass is 32.2. The molecule has 2 N–H and O–H groups in total. The van der Waals surface area contributed by atoms with E-state index in [-0.39, 0.29) is 17.1 Å². The van der Waals surface area contributed by atoms with Crippen LogP contribution < -0.4 is 10.8 Å². The number of primary sulfonamides is 1. The Morgan fingerprint density at radius 1 is 1.14 bits per heavy atom. The number of sulfonamides is 1. The third-order valence-corrected chi connectivity index (χ3v) is 6.07. The lowest BCUT2D eigenvalue weighted by Gasteiger charge is -2.11. The lowest BCUT2D eigenvalue weighted by Crippen LogP contribution is -2.14. The molecule has 1 aromatic heterocycles. The number of hydrogen-bond acceptors (Lipinski definition) is 6. The van der Waals surface area contributed by atoms with E-state index in [0.29, 0.717) is 16.7 Å². The molecular formula is C21H19NO6S. The number of benzene rings is 2. The van der Waals surface area contributed by atoms with E-state index in [4.69, 9.17) is 14.3 Å². The molecule has 0 atom stereocenters. The molecule has 0 aliphatic heterocycles. The average molecular weight is 413 g/mol. The second kappa shape index (κ2) is 7.13. The van der Waals surface area contributed by atoms with Crippen molar-refractivity contribution in [1.82, 2.24) is 0 Å². The molecule has 3 aromatic rings. The second-order valence-corrected chi connectivity index (χ2v) is 8.72. The first-order valence-corrected chi connectivity index (χ1v) is 10.7. The van der Waals surface area contributed by atoms with Crippen molar-refractivity contribution < 1.29 is 22.4 Å². The first kappa shape index (κ1) is 19.4. The van der Waals surface area contributed by atoms with Crippen LogP contribution in [-0.2, 0) is 34.2 Å². The maximum Gasteiger partial charge on any atom is 0.338 e. The van der Waals surface area contributed by atoms with E-state index in [2.05, 4.69) is 0 Å². The monoisotopic (exact) mass is 413 g/mol. The Morgan fingerprint density at radius 3 is 2.59 bits per heavy atom. The lowest BCUT2D eigenvalue weighted by molar-refractivity contribution is 0.0472. The van der Waals surface area contributed by atoms with Gasteiger partial charge in [0.15, 0.2) is 0 Å². The summed E-state index contributed by atoms with van der Waals surface area (Å²) in [6, 6.07) is 9.19. The molecule has 1 heterocycles. The summed E-state index contributed by atoms with van der Waals surface area (Å²) in [7, 11) is -3.94. The van der Waals surface area contributed by atoms with Gasteiger partial charge in [0.1, 0.15) is 12.2 Å².